The van der Waals surface area contributed by atoms with E-state index in [9.17, 15) is 4.79 Å². The van der Waals surface area contributed by atoms with Crippen LogP contribution in [0.5, 0.6) is 0 Å². The van der Waals surface area contributed by atoms with E-state index in [0.717, 1.165) is 44.7 Å². The molecule has 0 spiro atoms. The van der Waals surface area contributed by atoms with E-state index in [1.165, 1.54) is 11.3 Å². The molecule has 1 heterocycles. The Kier molecular flexibility index (Phi) is 6.33. The predicted octanol–water partition coefficient (Wildman–Crippen LogP) is 5.00. The van der Waals surface area contributed by atoms with Crippen molar-refractivity contribution < 1.29 is 9.53 Å². The van der Waals surface area contributed by atoms with Crippen LogP contribution in [0.3, 0.4) is 0 Å². The lowest BCUT2D eigenvalue weighted by molar-refractivity contribution is 0.0686. The third-order valence-electron chi connectivity index (χ3n) is 6.06. The van der Waals surface area contributed by atoms with Gasteiger partial charge in [-0.25, -0.2) is 0 Å². The zero-order valence-electron chi connectivity index (χ0n) is 16.8. The van der Waals surface area contributed by atoms with E-state index in [1.807, 2.05) is 18.2 Å². The molecule has 3 rings (SSSR count). The number of benzene rings is 2. The maximum Gasteiger partial charge on any atom is 0.169 e. The number of nitrogens with zero attached hydrogens (tertiary/aromatic N) is 1. The molecule has 1 unspecified atom stereocenters. The van der Waals surface area contributed by atoms with E-state index in [1.54, 1.807) is 0 Å². The Hall–Kier alpha value is -2.13. The van der Waals surface area contributed by atoms with Gasteiger partial charge >= 0.3 is 0 Å². The second-order valence-corrected chi connectivity index (χ2v) is 7.80. The van der Waals surface area contributed by atoms with Crippen molar-refractivity contribution in [2.75, 3.05) is 31.2 Å². The van der Waals surface area contributed by atoms with Gasteiger partial charge in [0.1, 0.15) is 0 Å². The summed E-state index contributed by atoms with van der Waals surface area (Å²) in [4.78, 5) is 15.9. The fourth-order valence-electron chi connectivity index (χ4n) is 4.13. The number of hydrogen-bond acceptors (Lipinski definition) is 3. The molecule has 0 bridgehead atoms. The third-order valence-corrected chi connectivity index (χ3v) is 6.06. The Morgan fingerprint density at radius 1 is 1.04 bits per heavy atom. The van der Waals surface area contributed by atoms with Crippen LogP contribution in [0.15, 0.2) is 54.6 Å². The first kappa shape index (κ1) is 19.6. The summed E-state index contributed by atoms with van der Waals surface area (Å²) >= 11 is 0. The fraction of sp³-hybridized carbons (Fsp3) is 0.458. The average Bonchev–Trinajstić information content (AvgIpc) is 2.73. The minimum Gasteiger partial charge on any atom is -0.378 e. The normalized spacial score (nSPS) is 17.0. The summed E-state index contributed by atoms with van der Waals surface area (Å²) in [7, 11) is 0. The first-order valence-electron chi connectivity index (χ1n) is 10.1. The van der Waals surface area contributed by atoms with Crippen LogP contribution in [0.2, 0.25) is 0 Å². The molecular weight excluding hydrogens is 334 g/mol. The summed E-state index contributed by atoms with van der Waals surface area (Å²) in [5.74, 6) is 0.534. The van der Waals surface area contributed by atoms with E-state index in [-0.39, 0.29) is 17.1 Å². The quantitative estimate of drug-likeness (QED) is 0.647. The van der Waals surface area contributed by atoms with Crippen molar-refractivity contribution >= 4 is 11.5 Å². The molecule has 0 N–H and O–H groups in total. The maximum atomic E-state index is 13.6. The van der Waals surface area contributed by atoms with Gasteiger partial charge in [-0.15, -0.1) is 0 Å². The smallest absolute Gasteiger partial charge is 0.169 e. The number of hydrogen-bond donors (Lipinski definition) is 0. The Bertz CT molecular complexity index is 733. The molecule has 2 aromatic rings. The Morgan fingerprint density at radius 3 is 2.22 bits per heavy atom. The van der Waals surface area contributed by atoms with E-state index < -0.39 is 0 Å². The first-order chi connectivity index (χ1) is 13.1. The Morgan fingerprint density at radius 2 is 1.67 bits per heavy atom. The molecule has 27 heavy (non-hydrogen) atoms. The summed E-state index contributed by atoms with van der Waals surface area (Å²) in [6.45, 7) is 9.84. The van der Waals surface area contributed by atoms with Gasteiger partial charge in [0.25, 0.3) is 0 Å². The summed E-state index contributed by atoms with van der Waals surface area (Å²) in [6, 6.07) is 18.6. The molecule has 0 saturated carbocycles. The van der Waals surface area contributed by atoms with Gasteiger partial charge in [-0.3, -0.25) is 4.79 Å². The topological polar surface area (TPSA) is 29.5 Å². The number of morpholine rings is 1. The first-order valence-corrected chi connectivity index (χ1v) is 10.1. The summed E-state index contributed by atoms with van der Waals surface area (Å²) < 4.78 is 5.43. The molecule has 2 aromatic carbocycles. The zero-order valence-corrected chi connectivity index (χ0v) is 16.8. The van der Waals surface area contributed by atoms with E-state index >= 15 is 0 Å². The SMILES string of the molecule is CCC(Cc1ccccc1)(C(=O)c1ccc(N2CCOCC2)cc1)C(C)C. The van der Waals surface area contributed by atoms with Crippen molar-refractivity contribution in [1.82, 2.24) is 0 Å². The van der Waals surface area contributed by atoms with Crippen molar-refractivity contribution in [2.24, 2.45) is 11.3 Å². The average molecular weight is 366 g/mol. The molecule has 3 nitrogen and oxygen atoms in total. The van der Waals surface area contributed by atoms with Crippen molar-refractivity contribution in [2.45, 2.75) is 33.6 Å². The monoisotopic (exact) mass is 365 g/mol. The van der Waals surface area contributed by atoms with E-state index in [0.29, 0.717) is 0 Å². The lowest BCUT2D eigenvalue weighted by Gasteiger charge is -2.36. The number of ketones is 1. The Labute approximate surface area is 163 Å². The molecule has 1 aliphatic heterocycles. The van der Waals surface area contributed by atoms with Gasteiger partial charge in [0.2, 0.25) is 0 Å². The number of carbonyl (C=O) groups excluding carboxylic acids is 1. The van der Waals surface area contributed by atoms with Crippen LogP contribution in [0.1, 0.15) is 43.1 Å². The highest BCUT2D eigenvalue weighted by molar-refractivity contribution is 6.01. The van der Waals surface area contributed by atoms with Gasteiger partial charge in [-0.1, -0.05) is 51.1 Å². The molecule has 1 atom stereocenters. The second-order valence-electron chi connectivity index (χ2n) is 7.80. The Balaban J connectivity index is 1.85. The molecule has 1 fully saturated rings. The van der Waals surface area contributed by atoms with Gasteiger partial charge in [0.15, 0.2) is 5.78 Å². The molecule has 144 valence electrons. The van der Waals surface area contributed by atoms with Crippen molar-refractivity contribution in [3.05, 3.63) is 65.7 Å². The van der Waals surface area contributed by atoms with Crippen molar-refractivity contribution in [1.29, 1.82) is 0 Å². The van der Waals surface area contributed by atoms with Crippen LogP contribution >= 0.6 is 0 Å². The van der Waals surface area contributed by atoms with Gasteiger partial charge in [-0.2, -0.15) is 0 Å². The molecule has 0 aliphatic carbocycles. The molecule has 1 saturated heterocycles. The maximum absolute atomic E-state index is 13.6. The minimum absolute atomic E-state index is 0.261. The molecule has 0 radical (unpaired) electrons. The van der Waals surface area contributed by atoms with Crippen LogP contribution < -0.4 is 4.90 Å². The molecule has 0 aromatic heterocycles. The van der Waals surface area contributed by atoms with Crippen LogP contribution in [0.4, 0.5) is 5.69 Å². The lowest BCUT2D eigenvalue weighted by Crippen LogP contribution is -2.38. The van der Waals surface area contributed by atoms with Crippen LogP contribution in [0, 0.1) is 11.3 Å². The standard InChI is InChI=1S/C24H31NO2/c1-4-24(19(2)3,18-20-8-6-5-7-9-20)23(26)21-10-12-22(13-11-21)25-14-16-27-17-15-25/h5-13,19H,4,14-18H2,1-3H3. The molecular formula is C24H31NO2. The predicted molar refractivity (Wildman–Crippen MR) is 112 cm³/mol. The zero-order chi connectivity index (χ0) is 19.3. The van der Waals surface area contributed by atoms with E-state index in [2.05, 4.69) is 62.1 Å². The molecule has 3 heteroatoms. The number of carbonyl (C=O) groups is 1. The van der Waals surface area contributed by atoms with Crippen LogP contribution in [-0.2, 0) is 11.2 Å². The van der Waals surface area contributed by atoms with Crippen LogP contribution in [-0.4, -0.2) is 32.1 Å². The van der Waals surface area contributed by atoms with Gasteiger partial charge in [0.05, 0.1) is 13.2 Å². The highest BCUT2D eigenvalue weighted by Gasteiger charge is 2.40. The highest BCUT2D eigenvalue weighted by Crippen LogP contribution is 2.39. The lowest BCUT2D eigenvalue weighted by atomic mass is 9.66. The van der Waals surface area contributed by atoms with Crippen molar-refractivity contribution in [3.8, 4) is 0 Å². The summed E-state index contributed by atoms with van der Waals surface area (Å²) in [5, 5.41) is 0. The number of rotatable bonds is 7. The molecule has 0 amide bonds. The second kappa shape index (κ2) is 8.71. The fourth-order valence-corrected chi connectivity index (χ4v) is 4.13. The third kappa shape index (κ3) is 4.24. The summed E-state index contributed by atoms with van der Waals surface area (Å²) in [5.41, 5.74) is 2.84. The number of Topliss-reactive ketones (excluding diaryl/α,β-unsaturated/α-hetero) is 1. The highest BCUT2D eigenvalue weighted by atomic mass is 16.5. The number of anilines is 1. The van der Waals surface area contributed by atoms with Crippen molar-refractivity contribution in [3.63, 3.8) is 0 Å². The van der Waals surface area contributed by atoms with Gasteiger partial charge in [0, 0.05) is 29.8 Å². The largest absolute Gasteiger partial charge is 0.378 e. The minimum atomic E-state index is -0.373. The summed E-state index contributed by atoms with van der Waals surface area (Å²) in [6.07, 6.45) is 1.62. The van der Waals surface area contributed by atoms with Gasteiger partial charge < -0.3 is 9.64 Å². The number of ether oxygens (including phenoxy) is 1. The van der Waals surface area contributed by atoms with E-state index in [4.69, 9.17) is 4.74 Å². The van der Waals surface area contributed by atoms with Crippen LogP contribution in [0.25, 0.3) is 0 Å². The van der Waals surface area contributed by atoms with Gasteiger partial charge in [-0.05, 0) is 48.6 Å². The molecule has 1 aliphatic rings.